The molecule has 0 aliphatic carbocycles. The van der Waals surface area contributed by atoms with E-state index in [1.165, 1.54) is 4.90 Å². The SMILES string of the molecule is Cc1cccc(CNC(=O)[C@]2(C)Cn3nc(-c4ccco4)cc3C(=O)N2c2ccc(Cl)cc2)c1. The topological polar surface area (TPSA) is 80.4 Å². The number of benzene rings is 2. The Labute approximate surface area is 201 Å². The van der Waals surface area contributed by atoms with Crippen LogP contribution in [0.3, 0.4) is 0 Å². The zero-order valence-electron chi connectivity index (χ0n) is 18.8. The molecule has 0 saturated carbocycles. The molecule has 7 nitrogen and oxygen atoms in total. The lowest BCUT2D eigenvalue weighted by Crippen LogP contribution is -2.64. The van der Waals surface area contributed by atoms with E-state index in [0.29, 0.717) is 34.4 Å². The minimum Gasteiger partial charge on any atom is -0.463 e. The van der Waals surface area contributed by atoms with Crippen LogP contribution in [-0.4, -0.2) is 27.1 Å². The van der Waals surface area contributed by atoms with E-state index in [2.05, 4.69) is 10.4 Å². The van der Waals surface area contributed by atoms with Gasteiger partial charge in [-0.05, 0) is 55.8 Å². The van der Waals surface area contributed by atoms with Crippen LogP contribution in [0.1, 0.15) is 28.5 Å². The molecule has 4 aromatic rings. The Morgan fingerprint density at radius 2 is 1.94 bits per heavy atom. The highest BCUT2D eigenvalue weighted by atomic mass is 35.5. The first kappa shape index (κ1) is 22.0. The molecule has 2 amide bonds. The van der Waals surface area contributed by atoms with E-state index in [1.807, 2.05) is 31.2 Å². The van der Waals surface area contributed by atoms with Crippen LogP contribution in [0, 0.1) is 6.92 Å². The van der Waals surface area contributed by atoms with Crippen molar-refractivity contribution in [3.8, 4) is 11.5 Å². The van der Waals surface area contributed by atoms with Crippen LogP contribution < -0.4 is 10.2 Å². The van der Waals surface area contributed by atoms with Crippen molar-refractivity contribution in [3.05, 3.63) is 94.8 Å². The first-order valence-electron chi connectivity index (χ1n) is 10.9. The number of anilines is 1. The van der Waals surface area contributed by atoms with Crippen LogP contribution in [-0.2, 0) is 17.9 Å². The van der Waals surface area contributed by atoms with E-state index >= 15 is 0 Å². The van der Waals surface area contributed by atoms with E-state index in [1.54, 1.807) is 60.3 Å². The van der Waals surface area contributed by atoms with Crippen molar-refractivity contribution in [2.45, 2.75) is 32.5 Å². The van der Waals surface area contributed by atoms with Gasteiger partial charge in [-0.2, -0.15) is 5.10 Å². The van der Waals surface area contributed by atoms with Crippen LogP contribution in [0.25, 0.3) is 11.5 Å². The normalized spacial score (nSPS) is 17.5. The summed E-state index contributed by atoms with van der Waals surface area (Å²) in [6, 6.07) is 20.1. The van der Waals surface area contributed by atoms with Gasteiger partial charge in [-0.25, -0.2) is 0 Å². The molecule has 172 valence electrons. The third kappa shape index (κ3) is 3.88. The molecule has 1 N–H and O–H groups in total. The lowest BCUT2D eigenvalue weighted by Gasteiger charge is -2.43. The maximum atomic E-state index is 13.7. The van der Waals surface area contributed by atoms with Crippen molar-refractivity contribution >= 4 is 29.1 Å². The van der Waals surface area contributed by atoms with Gasteiger partial charge in [0, 0.05) is 23.3 Å². The first-order valence-corrected chi connectivity index (χ1v) is 11.3. The smallest absolute Gasteiger partial charge is 0.277 e. The fraction of sp³-hybridized carbons (Fsp3) is 0.192. The summed E-state index contributed by atoms with van der Waals surface area (Å²) in [6.45, 7) is 4.28. The largest absolute Gasteiger partial charge is 0.463 e. The Morgan fingerprint density at radius 1 is 1.15 bits per heavy atom. The molecule has 1 aliphatic rings. The van der Waals surface area contributed by atoms with Gasteiger partial charge in [-0.15, -0.1) is 0 Å². The molecule has 1 aliphatic heterocycles. The second-order valence-electron chi connectivity index (χ2n) is 8.61. The van der Waals surface area contributed by atoms with Gasteiger partial charge >= 0.3 is 0 Å². The van der Waals surface area contributed by atoms with Crippen LogP contribution in [0.4, 0.5) is 5.69 Å². The number of furan rings is 1. The molecular weight excluding hydrogens is 452 g/mol. The van der Waals surface area contributed by atoms with Crippen molar-refractivity contribution in [1.82, 2.24) is 15.1 Å². The predicted octanol–water partition coefficient (Wildman–Crippen LogP) is 4.84. The fourth-order valence-corrected chi connectivity index (χ4v) is 4.44. The molecule has 5 rings (SSSR count). The zero-order chi connectivity index (χ0) is 23.9. The van der Waals surface area contributed by atoms with Gasteiger partial charge < -0.3 is 9.73 Å². The summed E-state index contributed by atoms with van der Waals surface area (Å²) < 4.78 is 7.04. The maximum Gasteiger partial charge on any atom is 0.277 e. The van der Waals surface area contributed by atoms with Crippen molar-refractivity contribution in [1.29, 1.82) is 0 Å². The summed E-state index contributed by atoms with van der Waals surface area (Å²) in [7, 11) is 0. The van der Waals surface area contributed by atoms with Crippen molar-refractivity contribution in [2.75, 3.05) is 4.90 Å². The molecule has 0 bridgehead atoms. The monoisotopic (exact) mass is 474 g/mol. The van der Waals surface area contributed by atoms with Crippen LogP contribution >= 0.6 is 11.6 Å². The molecule has 1 atom stereocenters. The fourth-order valence-electron chi connectivity index (χ4n) is 4.32. The van der Waals surface area contributed by atoms with Crippen molar-refractivity contribution in [3.63, 3.8) is 0 Å². The summed E-state index contributed by atoms with van der Waals surface area (Å²) in [5.74, 6) is -0.0524. The molecule has 0 unspecified atom stereocenters. The number of amides is 2. The number of nitrogens with one attached hydrogen (secondary N) is 1. The number of aromatic nitrogens is 2. The Morgan fingerprint density at radius 3 is 2.65 bits per heavy atom. The standard InChI is InChI=1S/C26H23ClN4O3/c1-17-5-3-6-18(13-17)15-28-25(33)26(2)16-30-22(14-21(29-30)23-7-4-12-34-23)24(32)31(26)20-10-8-19(27)9-11-20/h3-14H,15-16H2,1-2H3,(H,28,33)/t26-/m0/s1. The van der Waals surface area contributed by atoms with Gasteiger partial charge in [0.2, 0.25) is 5.91 Å². The number of rotatable bonds is 5. The first-order chi connectivity index (χ1) is 16.3. The molecule has 3 heterocycles. The Balaban J connectivity index is 1.53. The molecule has 8 heteroatoms. The van der Waals surface area contributed by atoms with Crippen molar-refractivity contribution in [2.24, 2.45) is 0 Å². The van der Waals surface area contributed by atoms with Gasteiger partial charge in [-0.3, -0.25) is 19.2 Å². The molecule has 0 radical (unpaired) electrons. The minimum absolute atomic E-state index is 0.178. The average molecular weight is 475 g/mol. The molecule has 2 aromatic carbocycles. The number of hydrogen-bond donors (Lipinski definition) is 1. The van der Waals surface area contributed by atoms with E-state index in [0.717, 1.165) is 11.1 Å². The molecule has 0 saturated heterocycles. The highest BCUT2D eigenvalue weighted by Crippen LogP contribution is 2.34. The molecule has 2 aromatic heterocycles. The zero-order valence-corrected chi connectivity index (χ0v) is 19.5. The van der Waals surface area contributed by atoms with Crippen molar-refractivity contribution < 1.29 is 14.0 Å². The summed E-state index contributed by atoms with van der Waals surface area (Å²) in [5, 5.41) is 8.13. The molecule has 0 fully saturated rings. The highest BCUT2D eigenvalue weighted by Gasteiger charge is 2.49. The summed E-state index contributed by atoms with van der Waals surface area (Å²) >= 11 is 6.09. The average Bonchev–Trinajstić information content (AvgIpc) is 3.49. The Bertz CT molecular complexity index is 1360. The van der Waals surface area contributed by atoms with Crippen LogP contribution in [0.15, 0.2) is 77.4 Å². The van der Waals surface area contributed by atoms with E-state index < -0.39 is 5.54 Å². The summed E-state index contributed by atoms with van der Waals surface area (Å²) in [6.07, 6.45) is 1.55. The molecule has 34 heavy (non-hydrogen) atoms. The van der Waals surface area contributed by atoms with Gasteiger partial charge in [0.05, 0.1) is 12.8 Å². The summed E-state index contributed by atoms with van der Waals surface area (Å²) in [4.78, 5) is 28.9. The summed E-state index contributed by atoms with van der Waals surface area (Å²) in [5.41, 5.74) is 2.36. The number of nitrogens with zero attached hydrogens (tertiary/aromatic N) is 3. The number of hydrogen-bond acceptors (Lipinski definition) is 4. The Hall–Kier alpha value is -3.84. The van der Waals surface area contributed by atoms with Gasteiger partial charge in [0.15, 0.2) is 5.76 Å². The third-order valence-electron chi connectivity index (χ3n) is 6.04. The van der Waals surface area contributed by atoms with Crippen LogP contribution in [0.5, 0.6) is 0 Å². The van der Waals surface area contributed by atoms with Gasteiger partial charge in [0.1, 0.15) is 16.9 Å². The van der Waals surface area contributed by atoms with Gasteiger partial charge in [-0.1, -0.05) is 41.4 Å². The number of carbonyl (C=O) groups excluding carboxylic acids is 2. The van der Waals surface area contributed by atoms with Gasteiger partial charge in [0.25, 0.3) is 5.91 Å². The maximum absolute atomic E-state index is 13.7. The molecular formula is C26H23ClN4O3. The lowest BCUT2D eigenvalue weighted by molar-refractivity contribution is -0.126. The predicted molar refractivity (Wildman–Crippen MR) is 130 cm³/mol. The van der Waals surface area contributed by atoms with E-state index in [9.17, 15) is 9.59 Å². The third-order valence-corrected chi connectivity index (χ3v) is 6.29. The van der Waals surface area contributed by atoms with E-state index in [4.69, 9.17) is 16.0 Å². The van der Waals surface area contributed by atoms with Crippen LogP contribution in [0.2, 0.25) is 5.02 Å². The second kappa shape index (κ2) is 8.50. The lowest BCUT2D eigenvalue weighted by atomic mass is 9.93. The number of halogens is 1. The quantitative estimate of drug-likeness (QED) is 0.449. The minimum atomic E-state index is -1.23. The molecule has 0 spiro atoms. The van der Waals surface area contributed by atoms with E-state index in [-0.39, 0.29) is 18.4 Å². The number of fused-ring (bicyclic) bond motifs is 1. The second-order valence-corrected chi connectivity index (χ2v) is 9.05. The number of aryl methyl sites for hydroxylation is 1. The number of carbonyl (C=O) groups is 2. The highest BCUT2D eigenvalue weighted by molar-refractivity contribution is 6.30. The Kier molecular flexibility index (Phi) is 5.49.